The summed E-state index contributed by atoms with van der Waals surface area (Å²) >= 11 is 0. The van der Waals surface area contributed by atoms with Gasteiger partial charge in [-0.2, -0.15) is 0 Å². The minimum Gasteiger partial charge on any atom is -0.634 e. The highest BCUT2D eigenvalue weighted by Gasteiger charge is 1.79. The molecule has 0 aromatic rings. The first-order chi connectivity index (χ1) is 3.27. The summed E-state index contributed by atoms with van der Waals surface area (Å²) in [4.78, 5) is 0. The Morgan fingerprint density at radius 2 is 2.43 bits per heavy atom. The first-order valence-electron chi connectivity index (χ1n) is 2.17. The molecule has 0 heterocycles. The summed E-state index contributed by atoms with van der Waals surface area (Å²) in [7, 11) is 1.52. The van der Waals surface area contributed by atoms with Crippen LogP contribution in [-0.2, 0) is 0 Å². The molecular formula is C3H11N3O. The summed E-state index contributed by atoms with van der Waals surface area (Å²) in [6, 6.07) is 0. The fourth-order valence-corrected chi connectivity index (χ4v) is 0.248. The van der Waals surface area contributed by atoms with Crippen LogP contribution in [0.5, 0.6) is 0 Å². The molecule has 0 aromatic carbocycles. The molecule has 7 heavy (non-hydrogen) atoms. The van der Waals surface area contributed by atoms with Gasteiger partial charge in [-0.1, -0.05) is 0 Å². The van der Waals surface area contributed by atoms with E-state index in [2.05, 4.69) is 5.32 Å². The fraction of sp³-hybridized carbons (Fsp3) is 1.00. The van der Waals surface area contributed by atoms with E-state index in [1.165, 1.54) is 7.05 Å². The van der Waals surface area contributed by atoms with Crippen LogP contribution in [0.3, 0.4) is 0 Å². The van der Waals surface area contributed by atoms with E-state index in [1.54, 1.807) is 0 Å². The van der Waals surface area contributed by atoms with E-state index in [0.29, 0.717) is 13.3 Å². The minimum absolute atomic E-state index is 0.116. The lowest BCUT2D eigenvalue weighted by molar-refractivity contribution is -0.828. The number of hydrogen-bond acceptors (Lipinski definition) is 3. The summed E-state index contributed by atoms with van der Waals surface area (Å²) in [6.07, 6.45) is 0. The van der Waals surface area contributed by atoms with Crippen molar-refractivity contribution in [1.82, 2.24) is 5.32 Å². The quantitative estimate of drug-likeness (QED) is 0.274. The molecule has 0 aliphatic carbocycles. The summed E-state index contributed by atoms with van der Waals surface area (Å²) < 4.78 is 0. The molecule has 1 unspecified atom stereocenters. The third kappa shape index (κ3) is 5.84. The van der Waals surface area contributed by atoms with Gasteiger partial charge in [0.2, 0.25) is 0 Å². The van der Waals surface area contributed by atoms with Gasteiger partial charge in [0.05, 0.1) is 7.05 Å². The van der Waals surface area contributed by atoms with Gasteiger partial charge in [0, 0.05) is 6.67 Å². The van der Waals surface area contributed by atoms with Gasteiger partial charge in [0.15, 0.2) is 0 Å². The van der Waals surface area contributed by atoms with Crippen LogP contribution in [0.25, 0.3) is 0 Å². The monoisotopic (exact) mass is 105 g/mol. The van der Waals surface area contributed by atoms with Gasteiger partial charge in [-0.25, -0.2) is 0 Å². The number of quaternary nitrogens is 1. The van der Waals surface area contributed by atoms with Crippen molar-refractivity contribution in [1.29, 1.82) is 0 Å². The van der Waals surface area contributed by atoms with Gasteiger partial charge >= 0.3 is 0 Å². The van der Waals surface area contributed by atoms with Gasteiger partial charge in [0.1, 0.15) is 6.67 Å². The van der Waals surface area contributed by atoms with Crippen molar-refractivity contribution in [3.8, 4) is 0 Å². The van der Waals surface area contributed by atoms with Gasteiger partial charge in [-0.3, -0.25) is 5.32 Å². The SMILES string of the molecule is C[NH+]([O-])CNCN. The van der Waals surface area contributed by atoms with Crippen molar-refractivity contribution < 1.29 is 5.06 Å². The van der Waals surface area contributed by atoms with E-state index in [1.807, 2.05) is 0 Å². The van der Waals surface area contributed by atoms with Crippen LogP contribution in [0, 0.1) is 5.21 Å². The van der Waals surface area contributed by atoms with Crippen LogP contribution in [0.2, 0.25) is 0 Å². The second-order valence-corrected chi connectivity index (χ2v) is 1.33. The Labute approximate surface area is 42.9 Å². The molecule has 0 aliphatic rings. The van der Waals surface area contributed by atoms with Gasteiger partial charge in [0.25, 0.3) is 0 Å². The fourth-order valence-electron chi connectivity index (χ4n) is 0.248. The lowest BCUT2D eigenvalue weighted by atomic mass is 10.9. The maximum atomic E-state index is 10.1. The molecule has 44 valence electrons. The molecule has 4 N–H and O–H groups in total. The largest absolute Gasteiger partial charge is 0.634 e. The number of nitrogens with one attached hydrogen (secondary N) is 2. The smallest absolute Gasteiger partial charge is 0.131 e. The van der Waals surface area contributed by atoms with E-state index in [-0.39, 0.29) is 5.06 Å². The molecule has 0 aliphatic heterocycles. The Morgan fingerprint density at radius 1 is 1.86 bits per heavy atom. The number of rotatable bonds is 3. The van der Waals surface area contributed by atoms with E-state index in [4.69, 9.17) is 5.73 Å². The second kappa shape index (κ2) is 4.01. The van der Waals surface area contributed by atoms with Crippen molar-refractivity contribution in [2.24, 2.45) is 5.73 Å². The molecule has 0 fully saturated rings. The van der Waals surface area contributed by atoms with E-state index >= 15 is 0 Å². The van der Waals surface area contributed by atoms with Gasteiger partial charge < -0.3 is 16.0 Å². The summed E-state index contributed by atoms with van der Waals surface area (Å²) in [5.74, 6) is 0. The van der Waals surface area contributed by atoms with Crippen LogP contribution in [-0.4, -0.2) is 20.4 Å². The molecular weight excluding hydrogens is 94.1 g/mol. The van der Waals surface area contributed by atoms with Crippen molar-refractivity contribution in [2.75, 3.05) is 20.4 Å². The normalized spacial score (nSPS) is 14.1. The lowest BCUT2D eigenvalue weighted by Crippen LogP contribution is -3.05. The van der Waals surface area contributed by atoms with Crippen molar-refractivity contribution in [3.05, 3.63) is 5.21 Å². The third-order valence-electron chi connectivity index (χ3n) is 0.518. The first kappa shape index (κ1) is 6.84. The first-order valence-corrected chi connectivity index (χ1v) is 2.17. The summed E-state index contributed by atoms with van der Waals surface area (Å²) in [5.41, 5.74) is 5.01. The summed E-state index contributed by atoms with van der Waals surface area (Å²) in [5, 5.41) is 12.9. The van der Waals surface area contributed by atoms with Crippen LogP contribution >= 0.6 is 0 Å². The highest BCUT2D eigenvalue weighted by Crippen LogP contribution is 1.30. The van der Waals surface area contributed by atoms with E-state index in [0.717, 1.165) is 0 Å². The number of hydrogen-bond donors (Lipinski definition) is 3. The van der Waals surface area contributed by atoms with Crippen LogP contribution in [0.1, 0.15) is 0 Å². The number of nitrogens with two attached hydrogens (primary N) is 1. The standard InChI is InChI=1S/C3H11N3O/c1-6(7)3-5-2-4/h5-6H,2-4H2,1H3. The Hall–Kier alpha value is -0.160. The molecule has 0 bridgehead atoms. The average Bonchev–Trinajstić information content (AvgIpc) is 1.61. The molecule has 4 heteroatoms. The molecule has 0 amide bonds. The molecule has 0 saturated heterocycles. The molecule has 1 atom stereocenters. The Morgan fingerprint density at radius 3 is 2.57 bits per heavy atom. The van der Waals surface area contributed by atoms with Crippen LogP contribution in [0.15, 0.2) is 0 Å². The van der Waals surface area contributed by atoms with E-state index < -0.39 is 0 Å². The van der Waals surface area contributed by atoms with Crippen molar-refractivity contribution >= 4 is 0 Å². The molecule has 0 aromatic heterocycles. The van der Waals surface area contributed by atoms with Crippen molar-refractivity contribution in [3.63, 3.8) is 0 Å². The molecule has 0 saturated carbocycles. The predicted octanol–water partition coefficient (Wildman–Crippen LogP) is -2.54. The zero-order valence-corrected chi connectivity index (χ0v) is 4.40. The highest BCUT2D eigenvalue weighted by molar-refractivity contribution is 4.21. The molecule has 0 spiro atoms. The number of hydroxylamine groups is 2. The molecule has 0 rings (SSSR count). The molecule has 0 radical (unpaired) electrons. The zero-order chi connectivity index (χ0) is 5.70. The molecule has 4 nitrogen and oxygen atoms in total. The Balaban J connectivity index is 2.68. The maximum absolute atomic E-state index is 10.1. The Bertz CT molecular complexity index is 39.2. The second-order valence-electron chi connectivity index (χ2n) is 1.33. The predicted molar refractivity (Wildman–Crippen MR) is 27.3 cm³/mol. The zero-order valence-electron chi connectivity index (χ0n) is 4.40. The third-order valence-corrected chi connectivity index (χ3v) is 0.518. The van der Waals surface area contributed by atoms with Crippen LogP contribution in [0.4, 0.5) is 0 Å². The summed E-state index contributed by atoms with van der Waals surface area (Å²) in [6.45, 7) is 0.760. The van der Waals surface area contributed by atoms with Gasteiger partial charge in [-0.05, 0) is 0 Å². The van der Waals surface area contributed by atoms with Crippen LogP contribution < -0.4 is 16.1 Å². The maximum Gasteiger partial charge on any atom is 0.131 e. The average molecular weight is 105 g/mol. The Kier molecular flexibility index (Phi) is 3.92. The van der Waals surface area contributed by atoms with Crippen molar-refractivity contribution in [2.45, 2.75) is 0 Å². The highest BCUT2D eigenvalue weighted by atomic mass is 16.5. The van der Waals surface area contributed by atoms with E-state index in [9.17, 15) is 5.21 Å². The topological polar surface area (TPSA) is 65.5 Å². The lowest BCUT2D eigenvalue weighted by Gasteiger charge is -2.14. The minimum atomic E-state index is 0.116. The van der Waals surface area contributed by atoms with Gasteiger partial charge in [-0.15, -0.1) is 0 Å².